The molecule has 1 aliphatic rings. The van der Waals surface area contributed by atoms with Crippen molar-refractivity contribution in [1.29, 1.82) is 0 Å². The molecule has 1 aliphatic carbocycles. The molecule has 0 radical (unpaired) electrons. The first-order valence-corrected chi connectivity index (χ1v) is 7.43. The summed E-state index contributed by atoms with van der Waals surface area (Å²) in [5.74, 6) is -0.248. The zero-order valence-electron chi connectivity index (χ0n) is 12.0. The lowest BCUT2D eigenvalue weighted by atomic mass is 9.72. The number of nitrogens with zero attached hydrogens (tertiary/aromatic N) is 1. The average molecular weight is 310 g/mol. The molecule has 0 aliphatic heterocycles. The minimum absolute atomic E-state index is 0.0145. The number of carbonyl (C=O) groups is 1. The van der Waals surface area contributed by atoms with E-state index in [2.05, 4.69) is 10.5 Å². The SMILES string of the molecule is Cc1c(Cl)cccc1NC(=O)C1(C(N)=NO)CCCCC1. The quantitative estimate of drug-likeness (QED) is 0.346. The van der Waals surface area contributed by atoms with E-state index in [9.17, 15) is 4.79 Å². The highest BCUT2D eigenvalue weighted by atomic mass is 35.5. The first-order chi connectivity index (χ1) is 10.0. The lowest BCUT2D eigenvalue weighted by molar-refractivity contribution is -0.123. The van der Waals surface area contributed by atoms with E-state index in [-0.39, 0.29) is 11.7 Å². The van der Waals surface area contributed by atoms with Crippen LogP contribution in [0.3, 0.4) is 0 Å². The molecule has 6 heteroatoms. The highest BCUT2D eigenvalue weighted by molar-refractivity contribution is 6.31. The number of nitrogens with two attached hydrogens (primary N) is 1. The van der Waals surface area contributed by atoms with Crippen molar-refractivity contribution >= 4 is 29.0 Å². The van der Waals surface area contributed by atoms with Gasteiger partial charge >= 0.3 is 0 Å². The Morgan fingerprint density at radius 2 is 2.05 bits per heavy atom. The molecule has 21 heavy (non-hydrogen) atoms. The smallest absolute Gasteiger partial charge is 0.238 e. The maximum absolute atomic E-state index is 12.7. The first-order valence-electron chi connectivity index (χ1n) is 7.06. The number of amides is 1. The van der Waals surface area contributed by atoms with E-state index in [1.807, 2.05) is 6.92 Å². The molecule has 1 aromatic carbocycles. The van der Waals surface area contributed by atoms with Gasteiger partial charge in [0.05, 0.1) is 0 Å². The van der Waals surface area contributed by atoms with Gasteiger partial charge in [0.2, 0.25) is 5.91 Å². The number of benzene rings is 1. The van der Waals surface area contributed by atoms with Crippen LogP contribution in [0.25, 0.3) is 0 Å². The lowest BCUT2D eigenvalue weighted by Gasteiger charge is -2.34. The predicted molar refractivity (Wildman–Crippen MR) is 83.7 cm³/mol. The second kappa shape index (κ2) is 6.35. The van der Waals surface area contributed by atoms with Crippen molar-refractivity contribution in [1.82, 2.24) is 0 Å². The molecule has 0 heterocycles. The van der Waals surface area contributed by atoms with Crippen LogP contribution in [0.4, 0.5) is 5.69 Å². The minimum Gasteiger partial charge on any atom is -0.409 e. The normalized spacial score (nSPS) is 18.3. The summed E-state index contributed by atoms with van der Waals surface area (Å²) in [6.07, 6.45) is 4.02. The Balaban J connectivity index is 2.29. The Kier molecular flexibility index (Phi) is 4.73. The van der Waals surface area contributed by atoms with Gasteiger partial charge in [-0.3, -0.25) is 4.79 Å². The van der Waals surface area contributed by atoms with Crippen molar-refractivity contribution in [3.8, 4) is 0 Å². The van der Waals surface area contributed by atoms with Crippen LogP contribution in [0, 0.1) is 12.3 Å². The average Bonchev–Trinajstić information content (AvgIpc) is 2.51. The predicted octanol–water partition coefficient (Wildman–Crippen LogP) is 3.28. The summed E-state index contributed by atoms with van der Waals surface area (Å²) in [5.41, 5.74) is 6.35. The summed E-state index contributed by atoms with van der Waals surface area (Å²) < 4.78 is 0. The van der Waals surface area contributed by atoms with Crippen molar-refractivity contribution in [2.75, 3.05) is 5.32 Å². The third-order valence-electron chi connectivity index (χ3n) is 4.26. The number of rotatable bonds is 3. The van der Waals surface area contributed by atoms with E-state index in [1.165, 1.54) is 0 Å². The molecule has 0 bridgehead atoms. The van der Waals surface area contributed by atoms with Crippen LogP contribution in [0.5, 0.6) is 0 Å². The van der Waals surface area contributed by atoms with Crippen LogP contribution >= 0.6 is 11.6 Å². The summed E-state index contributed by atoms with van der Waals surface area (Å²) in [6, 6.07) is 5.34. The van der Waals surface area contributed by atoms with Crippen molar-refractivity contribution in [2.45, 2.75) is 39.0 Å². The first kappa shape index (κ1) is 15.6. The fourth-order valence-corrected chi connectivity index (χ4v) is 3.01. The molecule has 114 valence electrons. The second-order valence-corrected chi connectivity index (χ2v) is 5.90. The largest absolute Gasteiger partial charge is 0.409 e. The fraction of sp³-hybridized carbons (Fsp3) is 0.467. The van der Waals surface area contributed by atoms with E-state index in [0.29, 0.717) is 23.6 Å². The van der Waals surface area contributed by atoms with E-state index in [1.54, 1.807) is 18.2 Å². The highest BCUT2D eigenvalue weighted by Crippen LogP contribution is 2.38. The maximum Gasteiger partial charge on any atom is 0.238 e. The Morgan fingerprint density at radius 3 is 2.67 bits per heavy atom. The highest BCUT2D eigenvalue weighted by Gasteiger charge is 2.44. The van der Waals surface area contributed by atoms with Crippen molar-refractivity contribution in [3.05, 3.63) is 28.8 Å². The summed E-state index contributed by atoms with van der Waals surface area (Å²) in [5, 5.41) is 15.6. The molecule has 1 amide bonds. The number of hydrogen-bond acceptors (Lipinski definition) is 3. The molecule has 1 fully saturated rings. The van der Waals surface area contributed by atoms with Crippen molar-refractivity contribution < 1.29 is 10.0 Å². The van der Waals surface area contributed by atoms with Gasteiger partial charge < -0.3 is 16.3 Å². The molecule has 0 atom stereocenters. The minimum atomic E-state index is -0.929. The van der Waals surface area contributed by atoms with Crippen molar-refractivity contribution in [3.63, 3.8) is 0 Å². The topological polar surface area (TPSA) is 87.7 Å². The standard InChI is InChI=1S/C15H20ClN3O2/c1-10-11(16)6-5-7-12(10)18-14(20)15(13(17)19-21)8-3-2-4-9-15/h5-7,21H,2-4,8-9H2,1H3,(H2,17,19)(H,18,20). The summed E-state index contributed by atoms with van der Waals surface area (Å²) in [6.45, 7) is 1.84. The third-order valence-corrected chi connectivity index (χ3v) is 4.67. The summed E-state index contributed by atoms with van der Waals surface area (Å²) >= 11 is 6.07. The van der Waals surface area contributed by atoms with Gasteiger partial charge in [0.15, 0.2) is 5.84 Å². The zero-order valence-corrected chi connectivity index (χ0v) is 12.8. The van der Waals surface area contributed by atoms with Gasteiger partial charge in [0, 0.05) is 10.7 Å². The van der Waals surface area contributed by atoms with Crippen LogP contribution in [-0.4, -0.2) is 17.0 Å². The van der Waals surface area contributed by atoms with Crippen LogP contribution < -0.4 is 11.1 Å². The number of hydrogen-bond donors (Lipinski definition) is 3. The lowest BCUT2D eigenvalue weighted by Crippen LogP contribution is -2.48. The molecule has 2 rings (SSSR count). The Labute approximate surface area is 129 Å². The molecule has 1 aromatic rings. The Morgan fingerprint density at radius 1 is 1.38 bits per heavy atom. The number of amidine groups is 1. The summed E-state index contributed by atoms with van der Waals surface area (Å²) in [7, 11) is 0. The van der Waals surface area contributed by atoms with E-state index in [0.717, 1.165) is 24.8 Å². The van der Waals surface area contributed by atoms with Crippen LogP contribution in [0.15, 0.2) is 23.4 Å². The van der Waals surface area contributed by atoms with Gasteiger partial charge in [-0.1, -0.05) is 42.1 Å². The molecular weight excluding hydrogens is 290 g/mol. The Hall–Kier alpha value is -1.75. The molecule has 0 unspecified atom stereocenters. The van der Waals surface area contributed by atoms with Crippen LogP contribution in [-0.2, 0) is 4.79 Å². The summed E-state index contributed by atoms with van der Waals surface area (Å²) in [4.78, 5) is 12.7. The fourth-order valence-electron chi connectivity index (χ4n) is 2.84. The van der Waals surface area contributed by atoms with Gasteiger partial charge in [-0.05, 0) is 37.5 Å². The molecule has 0 spiro atoms. The van der Waals surface area contributed by atoms with Crippen LogP contribution in [0.2, 0.25) is 5.02 Å². The Bertz CT molecular complexity index is 566. The molecule has 4 N–H and O–H groups in total. The van der Waals surface area contributed by atoms with Gasteiger partial charge in [-0.2, -0.15) is 0 Å². The van der Waals surface area contributed by atoms with E-state index < -0.39 is 5.41 Å². The molecule has 0 aromatic heterocycles. The second-order valence-electron chi connectivity index (χ2n) is 5.49. The van der Waals surface area contributed by atoms with Crippen molar-refractivity contribution in [2.24, 2.45) is 16.3 Å². The van der Waals surface area contributed by atoms with Gasteiger partial charge in [-0.25, -0.2) is 0 Å². The zero-order chi connectivity index (χ0) is 15.5. The van der Waals surface area contributed by atoms with Gasteiger partial charge in [0.1, 0.15) is 5.41 Å². The molecule has 0 saturated heterocycles. The van der Waals surface area contributed by atoms with Gasteiger partial charge in [-0.15, -0.1) is 0 Å². The number of anilines is 1. The number of oxime groups is 1. The van der Waals surface area contributed by atoms with Gasteiger partial charge in [0.25, 0.3) is 0 Å². The number of nitrogens with one attached hydrogen (secondary N) is 1. The van der Waals surface area contributed by atoms with E-state index >= 15 is 0 Å². The molecule has 5 nitrogen and oxygen atoms in total. The number of halogens is 1. The monoisotopic (exact) mass is 309 g/mol. The number of carbonyl (C=O) groups excluding carboxylic acids is 1. The van der Waals surface area contributed by atoms with Crippen LogP contribution in [0.1, 0.15) is 37.7 Å². The maximum atomic E-state index is 12.7. The van der Waals surface area contributed by atoms with E-state index in [4.69, 9.17) is 22.5 Å². The molecular formula is C15H20ClN3O2. The third kappa shape index (κ3) is 2.97. The molecule has 1 saturated carbocycles.